The van der Waals surface area contributed by atoms with Gasteiger partial charge in [0, 0.05) is 32.6 Å². The molecule has 0 atom stereocenters. The topological polar surface area (TPSA) is 59.1 Å². The number of ketones is 1. The van der Waals surface area contributed by atoms with Gasteiger partial charge in [0.2, 0.25) is 5.91 Å². The van der Waals surface area contributed by atoms with E-state index in [2.05, 4.69) is 4.90 Å². The Balaban J connectivity index is 1.82. The van der Waals surface area contributed by atoms with Crippen molar-refractivity contribution in [2.75, 3.05) is 46.9 Å². The normalized spacial score (nSPS) is 15.2. The second kappa shape index (κ2) is 8.68. The average molecular weight is 334 g/mol. The lowest BCUT2D eigenvalue weighted by Crippen LogP contribution is -2.49. The monoisotopic (exact) mass is 334 g/mol. The third kappa shape index (κ3) is 4.96. The third-order valence-electron chi connectivity index (χ3n) is 4.25. The van der Waals surface area contributed by atoms with E-state index < -0.39 is 0 Å². The summed E-state index contributed by atoms with van der Waals surface area (Å²) in [5, 5.41) is 0. The molecule has 1 saturated heterocycles. The van der Waals surface area contributed by atoms with Gasteiger partial charge in [-0.2, -0.15) is 0 Å². The van der Waals surface area contributed by atoms with Gasteiger partial charge >= 0.3 is 0 Å². The van der Waals surface area contributed by atoms with E-state index in [0.29, 0.717) is 44.0 Å². The van der Waals surface area contributed by atoms with Crippen molar-refractivity contribution in [3.05, 3.63) is 23.8 Å². The number of hydrogen-bond donors (Lipinski definition) is 0. The second-order valence-corrected chi connectivity index (χ2v) is 6.05. The van der Waals surface area contributed by atoms with Crippen molar-refractivity contribution in [2.45, 2.75) is 19.8 Å². The minimum atomic E-state index is 0.159. The predicted molar refractivity (Wildman–Crippen MR) is 91.6 cm³/mol. The predicted octanol–water partition coefficient (Wildman–Crippen LogP) is 1.37. The maximum Gasteiger partial charge on any atom is 0.222 e. The summed E-state index contributed by atoms with van der Waals surface area (Å²) in [6, 6.07) is 5.73. The van der Waals surface area contributed by atoms with Gasteiger partial charge in [-0.25, -0.2) is 0 Å². The number of nitrogens with zero attached hydrogens (tertiary/aromatic N) is 2. The van der Waals surface area contributed by atoms with Crippen LogP contribution in [0, 0.1) is 0 Å². The molecule has 132 valence electrons. The number of hydrogen-bond acceptors (Lipinski definition) is 5. The number of carbonyl (C=O) groups excluding carboxylic acids is 2. The Kier molecular flexibility index (Phi) is 6.61. The number of amides is 1. The van der Waals surface area contributed by atoms with Crippen LogP contribution >= 0.6 is 0 Å². The molecular formula is C18H26N2O4. The molecule has 6 nitrogen and oxygen atoms in total. The highest BCUT2D eigenvalue weighted by molar-refractivity contribution is 5.78. The second-order valence-electron chi connectivity index (χ2n) is 6.05. The van der Waals surface area contributed by atoms with Crippen LogP contribution in [-0.2, 0) is 16.0 Å². The first-order chi connectivity index (χ1) is 11.5. The lowest BCUT2D eigenvalue weighted by Gasteiger charge is -2.34. The van der Waals surface area contributed by atoms with Crippen LogP contribution in [0.3, 0.4) is 0 Å². The number of ether oxygens (including phenoxy) is 2. The number of rotatable bonds is 7. The summed E-state index contributed by atoms with van der Waals surface area (Å²) in [7, 11) is 3.21. The van der Waals surface area contributed by atoms with Crippen LogP contribution in [0.2, 0.25) is 0 Å². The Bertz CT molecular complexity index is 580. The van der Waals surface area contributed by atoms with E-state index in [0.717, 1.165) is 18.7 Å². The van der Waals surface area contributed by atoms with E-state index in [-0.39, 0.29) is 11.7 Å². The molecule has 0 saturated carbocycles. The van der Waals surface area contributed by atoms with E-state index in [1.165, 1.54) is 0 Å². The van der Waals surface area contributed by atoms with Gasteiger partial charge in [0.1, 0.15) is 5.78 Å². The van der Waals surface area contributed by atoms with Crippen molar-refractivity contribution >= 4 is 11.7 Å². The van der Waals surface area contributed by atoms with Gasteiger partial charge < -0.3 is 14.4 Å². The molecule has 2 rings (SSSR count). The molecule has 0 aliphatic carbocycles. The SMILES string of the molecule is COc1ccc(CCC(=O)N2CCN(CC(C)=O)CC2)cc1OC. The largest absolute Gasteiger partial charge is 0.493 e. The molecule has 24 heavy (non-hydrogen) atoms. The van der Waals surface area contributed by atoms with Gasteiger partial charge in [-0.05, 0) is 31.0 Å². The van der Waals surface area contributed by atoms with Gasteiger partial charge in [-0.15, -0.1) is 0 Å². The molecule has 0 N–H and O–H groups in total. The molecule has 1 fully saturated rings. The van der Waals surface area contributed by atoms with Gasteiger partial charge in [0.15, 0.2) is 11.5 Å². The number of Topliss-reactive ketones (excluding diaryl/α,β-unsaturated/α-hetero) is 1. The van der Waals surface area contributed by atoms with E-state index in [9.17, 15) is 9.59 Å². The fourth-order valence-electron chi connectivity index (χ4n) is 2.92. The van der Waals surface area contributed by atoms with E-state index in [1.54, 1.807) is 21.1 Å². The lowest BCUT2D eigenvalue weighted by molar-refractivity contribution is -0.133. The Morgan fingerprint density at radius 2 is 1.71 bits per heavy atom. The quantitative estimate of drug-likeness (QED) is 0.754. The van der Waals surface area contributed by atoms with Crippen LogP contribution in [0.15, 0.2) is 18.2 Å². The molecule has 0 bridgehead atoms. The van der Waals surface area contributed by atoms with Crippen LogP contribution in [-0.4, -0.2) is 68.4 Å². The first-order valence-corrected chi connectivity index (χ1v) is 8.24. The van der Waals surface area contributed by atoms with E-state index in [4.69, 9.17) is 9.47 Å². The van der Waals surface area contributed by atoms with Gasteiger partial charge in [-0.1, -0.05) is 6.07 Å². The van der Waals surface area contributed by atoms with Gasteiger partial charge in [-0.3, -0.25) is 14.5 Å². The molecule has 1 aliphatic heterocycles. The molecule has 0 unspecified atom stereocenters. The zero-order chi connectivity index (χ0) is 17.5. The average Bonchev–Trinajstić information content (AvgIpc) is 2.59. The Morgan fingerprint density at radius 3 is 2.29 bits per heavy atom. The molecular weight excluding hydrogens is 308 g/mol. The summed E-state index contributed by atoms with van der Waals surface area (Å²) in [6.07, 6.45) is 1.15. The summed E-state index contributed by atoms with van der Waals surface area (Å²) < 4.78 is 10.5. The van der Waals surface area contributed by atoms with Gasteiger partial charge in [0.05, 0.1) is 20.8 Å². The molecule has 0 radical (unpaired) electrons. The Hall–Kier alpha value is -2.08. The molecule has 6 heteroatoms. The summed E-state index contributed by atoms with van der Waals surface area (Å²) in [5.41, 5.74) is 1.05. The third-order valence-corrected chi connectivity index (χ3v) is 4.25. The van der Waals surface area contributed by atoms with Crippen LogP contribution < -0.4 is 9.47 Å². The van der Waals surface area contributed by atoms with E-state index in [1.807, 2.05) is 23.1 Å². The Labute approximate surface area is 143 Å². The van der Waals surface area contributed by atoms with Crippen molar-refractivity contribution in [2.24, 2.45) is 0 Å². The van der Waals surface area contributed by atoms with Crippen molar-refractivity contribution in [1.82, 2.24) is 9.80 Å². The fraction of sp³-hybridized carbons (Fsp3) is 0.556. The number of piperazine rings is 1. The summed E-state index contributed by atoms with van der Waals surface area (Å²) in [4.78, 5) is 27.5. The smallest absolute Gasteiger partial charge is 0.222 e. The van der Waals surface area contributed by atoms with Crippen LogP contribution in [0.5, 0.6) is 11.5 Å². The first-order valence-electron chi connectivity index (χ1n) is 8.24. The maximum atomic E-state index is 12.4. The molecule has 1 heterocycles. The van der Waals surface area contributed by atoms with Crippen molar-refractivity contribution in [1.29, 1.82) is 0 Å². The summed E-state index contributed by atoms with van der Waals surface area (Å²) in [5.74, 6) is 1.70. The first kappa shape index (κ1) is 18.3. The number of aryl methyl sites for hydroxylation is 1. The molecule has 1 aromatic rings. The summed E-state index contributed by atoms with van der Waals surface area (Å²) >= 11 is 0. The van der Waals surface area contributed by atoms with Crippen LogP contribution in [0.4, 0.5) is 0 Å². The molecule has 0 aromatic heterocycles. The number of methoxy groups -OCH3 is 2. The number of benzene rings is 1. The fourth-order valence-corrected chi connectivity index (χ4v) is 2.92. The highest BCUT2D eigenvalue weighted by atomic mass is 16.5. The molecule has 1 aliphatic rings. The zero-order valence-corrected chi connectivity index (χ0v) is 14.7. The maximum absolute atomic E-state index is 12.4. The van der Waals surface area contributed by atoms with Gasteiger partial charge in [0.25, 0.3) is 0 Å². The van der Waals surface area contributed by atoms with Crippen LogP contribution in [0.25, 0.3) is 0 Å². The Morgan fingerprint density at radius 1 is 1.04 bits per heavy atom. The zero-order valence-electron chi connectivity index (χ0n) is 14.7. The standard InChI is InChI=1S/C18H26N2O4/c1-14(21)13-19-8-10-20(11-9-19)18(22)7-5-15-4-6-16(23-2)17(12-15)24-3/h4,6,12H,5,7-11,13H2,1-3H3. The highest BCUT2D eigenvalue weighted by Crippen LogP contribution is 2.28. The lowest BCUT2D eigenvalue weighted by atomic mass is 10.1. The molecule has 1 aromatic carbocycles. The van der Waals surface area contributed by atoms with E-state index >= 15 is 0 Å². The van der Waals surface area contributed by atoms with Crippen molar-refractivity contribution < 1.29 is 19.1 Å². The minimum absolute atomic E-state index is 0.159. The van der Waals surface area contributed by atoms with Crippen molar-refractivity contribution in [3.8, 4) is 11.5 Å². The number of carbonyl (C=O) groups is 2. The van der Waals surface area contributed by atoms with Crippen LogP contribution in [0.1, 0.15) is 18.9 Å². The van der Waals surface area contributed by atoms with Crippen molar-refractivity contribution in [3.63, 3.8) is 0 Å². The molecule has 0 spiro atoms. The molecule has 1 amide bonds. The summed E-state index contributed by atoms with van der Waals surface area (Å²) in [6.45, 7) is 4.99. The highest BCUT2D eigenvalue weighted by Gasteiger charge is 2.21. The minimum Gasteiger partial charge on any atom is -0.493 e.